The molecule has 2 aliphatic rings. The van der Waals surface area contributed by atoms with E-state index in [1.807, 2.05) is 0 Å². The van der Waals surface area contributed by atoms with E-state index in [-0.39, 0.29) is 17.0 Å². The zero-order valence-electron chi connectivity index (χ0n) is 6.32. The van der Waals surface area contributed by atoms with Gasteiger partial charge in [0.25, 0.3) is 0 Å². The van der Waals surface area contributed by atoms with Crippen molar-refractivity contribution in [3.63, 3.8) is 0 Å². The molecule has 2 unspecified atom stereocenters. The van der Waals surface area contributed by atoms with Crippen molar-refractivity contribution >= 4 is 0 Å². The van der Waals surface area contributed by atoms with Crippen LogP contribution in [0.3, 0.4) is 0 Å². The van der Waals surface area contributed by atoms with Crippen LogP contribution in [0.4, 0.5) is 0 Å². The summed E-state index contributed by atoms with van der Waals surface area (Å²) in [6.07, 6.45) is 3.08. The average Bonchev–Trinajstić information content (AvgIpc) is 2.68. The lowest BCUT2D eigenvalue weighted by Crippen LogP contribution is -2.37. The van der Waals surface area contributed by atoms with Gasteiger partial charge in [-0.15, -0.1) is 0 Å². The highest BCUT2D eigenvalue weighted by Crippen LogP contribution is 2.36. The summed E-state index contributed by atoms with van der Waals surface area (Å²) in [6.45, 7) is 0.826. The minimum Gasteiger partial charge on any atom is -0.307 e. The molecule has 2 fully saturated rings. The molecule has 4 heteroatoms. The van der Waals surface area contributed by atoms with Crippen molar-refractivity contribution in [2.24, 2.45) is 5.92 Å². The molecule has 2 atom stereocenters. The minimum absolute atomic E-state index is 0.122. The van der Waals surface area contributed by atoms with Gasteiger partial charge in [-0.2, -0.15) is 0 Å². The second-order valence-electron chi connectivity index (χ2n) is 3.46. The first-order chi connectivity index (χ1) is 5.29. The Balaban J connectivity index is 2.01. The molecule has 0 spiro atoms. The molecule has 1 saturated carbocycles. The number of hydrogen-bond donors (Lipinski definition) is 1. The highest BCUT2D eigenvalue weighted by molar-refractivity contribution is 4.95. The van der Waals surface area contributed by atoms with Gasteiger partial charge in [-0.1, -0.05) is 0 Å². The second kappa shape index (κ2) is 2.44. The van der Waals surface area contributed by atoms with E-state index in [0.29, 0.717) is 12.3 Å². The molecule has 1 aliphatic carbocycles. The van der Waals surface area contributed by atoms with E-state index in [1.165, 1.54) is 12.8 Å². The van der Waals surface area contributed by atoms with Gasteiger partial charge in [0.2, 0.25) is 6.04 Å². The molecule has 11 heavy (non-hydrogen) atoms. The van der Waals surface area contributed by atoms with Crippen LogP contribution in [0.25, 0.3) is 0 Å². The first-order valence-electron chi connectivity index (χ1n) is 4.16. The van der Waals surface area contributed by atoms with Crippen molar-refractivity contribution in [1.82, 2.24) is 5.32 Å². The van der Waals surface area contributed by atoms with Crippen LogP contribution < -0.4 is 5.32 Å². The monoisotopic (exact) mass is 156 g/mol. The first kappa shape index (κ1) is 7.03. The van der Waals surface area contributed by atoms with Crippen molar-refractivity contribution in [2.75, 3.05) is 6.54 Å². The number of nitrogens with zero attached hydrogens (tertiary/aromatic N) is 1. The lowest BCUT2D eigenvalue weighted by molar-refractivity contribution is -0.523. The predicted molar refractivity (Wildman–Crippen MR) is 39.9 cm³/mol. The van der Waals surface area contributed by atoms with Crippen LogP contribution in [0.5, 0.6) is 0 Å². The van der Waals surface area contributed by atoms with E-state index in [1.54, 1.807) is 0 Å². The highest BCUT2D eigenvalue weighted by atomic mass is 16.6. The first-order valence-corrected chi connectivity index (χ1v) is 4.16. The van der Waals surface area contributed by atoms with Crippen molar-refractivity contribution in [1.29, 1.82) is 0 Å². The Morgan fingerprint density at radius 3 is 2.64 bits per heavy atom. The van der Waals surface area contributed by atoms with E-state index in [2.05, 4.69) is 5.32 Å². The van der Waals surface area contributed by atoms with Gasteiger partial charge in [-0.25, -0.2) is 0 Å². The number of hydrogen-bond acceptors (Lipinski definition) is 3. The summed E-state index contributed by atoms with van der Waals surface area (Å²) in [7, 11) is 0. The van der Waals surface area contributed by atoms with Gasteiger partial charge < -0.3 is 5.32 Å². The summed E-state index contributed by atoms with van der Waals surface area (Å²) in [5.41, 5.74) is 0. The van der Waals surface area contributed by atoms with Gasteiger partial charge in [0, 0.05) is 17.9 Å². The molecule has 0 bridgehead atoms. The van der Waals surface area contributed by atoms with Gasteiger partial charge in [-0.3, -0.25) is 10.1 Å². The maximum Gasteiger partial charge on any atom is 0.229 e. The molecule has 1 aliphatic heterocycles. The highest BCUT2D eigenvalue weighted by Gasteiger charge is 2.45. The molecule has 0 amide bonds. The maximum absolute atomic E-state index is 10.5. The molecule has 0 aromatic heterocycles. The van der Waals surface area contributed by atoms with Gasteiger partial charge in [0.15, 0.2) is 0 Å². The summed E-state index contributed by atoms with van der Waals surface area (Å²) in [5.74, 6) is 0.605. The Labute approximate surface area is 65.1 Å². The summed E-state index contributed by atoms with van der Waals surface area (Å²) < 4.78 is 0. The number of nitrogens with one attached hydrogen (secondary N) is 1. The maximum atomic E-state index is 10.5. The van der Waals surface area contributed by atoms with Crippen LogP contribution in [0, 0.1) is 16.0 Å². The van der Waals surface area contributed by atoms with E-state index < -0.39 is 0 Å². The van der Waals surface area contributed by atoms with Crippen LogP contribution in [0.1, 0.15) is 19.3 Å². The van der Waals surface area contributed by atoms with E-state index in [9.17, 15) is 10.1 Å². The number of rotatable bonds is 2. The fourth-order valence-electron chi connectivity index (χ4n) is 1.89. The summed E-state index contributed by atoms with van der Waals surface area (Å²) >= 11 is 0. The Hall–Kier alpha value is -0.640. The summed E-state index contributed by atoms with van der Waals surface area (Å²) in [6, 6.07) is -0.118. The molecule has 1 heterocycles. The van der Waals surface area contributed by atoms with E-state index in [4.69, 9.17) is 0 Å². The van der Waals surface area contributed by atoms with Gasteiger partial charge >= 0.3 is 0 Å². The summed E-state index contributed by atoms with van der Waals surface area (Å²) in [4.78, 5) is 10.4. The fourth-order valence-corrected chi connectivity index (χ4v) is 1.89. The number of nitro groups is 1. The molecular formula is C7H12N2O2. The third-order valence-corrected chi connectivity index (χ3v) is 2.64. The zero-order valence-corrected chi connectivity index (χ0v) is 6.32. The van der Waals surface area contributed by atoms with Crippen LogP contribution in [-0.2, 0) is 0 Å². The molecule has 2 rings (SSSR count). The van der Waals surface area contributed by atoms with Crippen LogP contribution >= 0.6 is 0 Å². The lowest BCUT2D eigenvalue weighted by Gasteiger charge is -2.10. The normalized spacial score (nSPS) is 37.5. The van der Waals surface area contributed by atoms with Crippen molar-refractivity contribution < 1.29 is 4.92 Å². The Morgan fingerprint density at radius 2 is 2.09 bits per heavy atom. The third-order valence-electron chi connectivity index (χ3n) is 2.64. The third kappa shape index (κ3) is 1.22. The second-order valence-corrected chi connectivity index (χ2v) is 3.46. The molecule has 0 aromatic carbocycles. The Kier molecular flexibility index (Phi) is 1.56. The van der Waals surface area contributed by atoms with Gasteiger partial charge in [-0.05, 0) is 18.8 Å². The SMILES string of the molecule is O=[N+]([O-])C1CCNC1C1CC1. The molecule has 0 radical (unpaired) electrons. The molecule has 1 saturated heterocycles. The summed E-state index contributed by atoms with van der Waals surface area (Å²) in [5, 5.41) is 13.7. The minimum atomic E-state index is -0.303. The largest absolute Gasteiger partial charge is 0.307 e. The molecule has 62 valence electrons. The van der Waals surface area contributed by atoms with Crippen molar-refractivity contribution in [2.45, 2.75) is 31.3 Å². The topological polar surface area (TPSA) is 55.2 Å². The molecular weight excluding hydrogens is 144 g/mol. The lowest BCUT2D eigenvalue weighted by atomic mass is 10.1. The molecule has 1 N–H and O–H groups in total. The van der Waals surface area contributed by atoms with Gasteiger partial charge in [0.05, 0.1) is 6.04 Å². The molecule has 4 nitrogen and oxygen atoms in total. The fraction of sp³-hybridized carbons (Fsp3) is 1.00. The van der Waals surface area contributed by atoms with Crippen LogP contribution in [0.15, 0.2) is 0 Å². The van der Waals surface area contributed by atoms with E-state index in [0.717, 1.165) is 6.54 Å². The van der Waals surface area contributed by atoms with Crippen molar-refractivity contribution in [3.8, 4) is 0 Å². The smallest absolute Gasteiger partial charge is 0.229 e. The standard InChI is InChI=1S/C7H12N2O2/c10-9(11)6-3-4-8-7(6)5-1-2-5/h5-8H,1-4H2. The zero-order chi connectivity index (χ0) is 7.84. The Morgan fingerprint density at radius 1 is 1.36 bits per heavy atom. The molecule has 0 aromatic rings. The Bertz CT molecular complexity index is 179. The van der Waals surface area contributed by atoms with Crippen LogP contribution in [-0.4, -0.2) is 23.6 Å². The quantitative estimate of drug-likeness (QED) is 0.465. The van der Waals surface area contributed by atoms with Crippen molar-refractivity contribution in [3.05, 3.63) is 10.1 Å². The van der Waals surface area contributed by atoms with Gasteiger partial charge in [0.1, 0.15) is 0 Å². The van der Waals surface area contributed by atoms with Crippen LogP contribution in [0.2, 0.25) is 0 Å². The average molecular weight is 156 g/mol. The van der Waals surface area contributed by atoms with E-state index >= 15 is 0 Å². The predicted octanol–water partition coefficient (Wildman–Crippen LogP) is 0.404.